The number of hydrogen-bond acceptors (Lipinski definition) is 3. The molecule has 1 saturated heterocycles. The molecule has 2 rings (SSSR count). The minimum Gasteiger partial charge on any atom is -0.444 e. The van der Waals surface area contributed by atoms with Crippen LogP contribution in [0.3, 0.4) is 0 Å². The maximum atomic E-state index is 13.5. The normalized spacial score (nSPS) is 26.0. The minimum atomic E-state index is -4.71. The first-order chi connectivity index (χ1) is 9.95. The van der Waals surface area contributed by atoms with Crippen LogP contribution >= 0.6 is 0 Å². The van der Waals surface area contributed by atoms with Crippen molar-refractivity contribution in [3.8, 4) is 0 Å². The van der Waals surface area contributed by atoms with Crippen LogP contribution < -0.4 is 5.32 Å². The maximum Gasteiger partial charge on any atom is 0.410 e. The molecule has 2 aliphatic rings. The molecule has 1 unspecified atom stereocenters. The van der Waals surface area contributed by atoms with E-state index < -0.39 is 42.2 Å². The van der Waals surface area contributed by atoms with Gasteiger partial charge in [0.1, 0.15) is 5.60 Å². The van der Waals surface area contributed by atoms with E-state index in [1.165, 1.54) is 0 Å². The molecule has 2 amide bonds. The highest BCUT2D eigenvalue weighted by Crippen LogP contribution is 2.46. The molecule has 1 aliphatic heterocycles. The Morgan fingerprint density at radius 2 is 1.82 bits per heavy atom. The average molecular weight is 322 g/mol. The van der Waals surface area contributed by atoms with Gasteiger partial charge in [-0.2, -0.15) is 13.2 Å². The Kier molecular flexibility index (Phi) is 4.08. The summed E-state index contributed by atoms with van der Waals surface area (Å²) in [4.78, 5) is 25.0. The van der Waals surface area contributed by atoms with Gasteiger partial charge in [-0.1, -0.05) is 0 Å². The van der Waals surface area contributed by atoms with Crippen molar-refractivity contribution in [2.75, 3.05) is 13.1 Å². The second kappa shape index (κ2) is 5.31. The van der Waals surface area contributed by atoms with Crippen molar-refractivity contribution in [2.24, 2.45) is 5.41 Å². The van der Waals surface area contributed by atoms with Crippen LogP contribution in [0.15, 0.2) is 0 Å². The van der Waals surface area contributed by atoms with Gasteiger partial charge < -0.3 is 15.0 Å². The Labute approximate surface area is 127 Å². The Morgan fingerprint density at radius 1 is 1.23 bits per heavy atom. The second-order valence-electron chi connectivity index (χ2n) is 6.98. The summed E-state index contributed by atoms with van der Waals surface area (Å²) in [7, 11) is 0. The standard InChI is InChI=1S/C14H21F3N2O3/c1-12(2,3)22-11(21)19-7-6-13(8-19,14(15,16)17)10(20)18-9-4-5-9/h9H,4-8H2,1-3H3,(H,18,20). The van der Waals surface area contributed by atoms with Crippen molar-refractivity contribution in [2.45, 2.75) is 57.9 Å². The molecule has 1 heterocycles. The van der Waals surface area contributed by atoms with Crippen molar-refractivity contribution in [1.82, 2.24) is 10.2 Å². The fourth-order valence-corrected chi connectivity index (χ4v) is 2.39. The quantitative estimate of drug-likeness (QED) is 0.849. The number of likely N-dealkylation sites (tertiary alicyclic amines) is 1. The maximum absolute atomic E-state index is 13.5. The van der Waals surface area contributed by atoms with E-state index in [2.05, 4.69) is 5.32 Å². The Morgan fingerprint density at radius 3 is 2.27 bits per heavy atom. The predicted octanol–water partition coefficient (Wildman–Crippen LogP) is 2.45. The van der Waals surface area contributed by atoms with Gasteiger partial charge in [-0.25, -0.2) is 4.79 Å². The first-order valence-corrected chi connectivity index (χ1v) is 7.30. The zero-order valence-electron chi connectivity index (χ0n) is 12.9. The third-order valence-corrected chi connectivity index (χ3v) is 3.81. The summed E-state index contributed by atoms with van der Waals surface area (Å²) in [6.45, 7) is 4.07. The van der Waals surface area contributed by atoms with Crippen LogP contribution in [0, 0.1) is 5.41 Å². The summed E-state index contributed by atoms with van der Waals surface area (Å²) in [5.74, 6) is -1.03. The third-order valence-electron chi connectivity index (χ3n) is 3.81. The highest BCUT2D eigenvalue weighted by atomic mass is 19.4. The lowest BCUT2D eigenvalue weighted by Crippen LogP contribution is -2.53. The van der Waals surface area contributed by atoms with E-state index in [0.29, 0.717) is 12.8 Å². The lowest BCUT2D eigenvalue weighted by Gasteiger charge is -2.31. The molecule has 1 saturated carbocycles. The number of amides is 2. The zero-order chi connectivity index (χ0) is 16.8. The van der Waals surface area contributed by atoms with Gasteiger partial charge >= 0.3 is 12.3 Å². The minimum absolute atomic E-state index is 0.146. The molecule has 8 heteroatoms. The van der Waals surface area contributed by atoms with Crippen molar-refractivity contribution >= 4 is 12.0 Å². The van der Waals surface area contributed by atoms with E-state index in [1.54, 1.807) is 20.8 Å². The largest absolute Gasteiger partial charge is 0.444 e. The monoisotopic (exact) mass is 322 g/mol. The van der Waals surface area contributed by atoms with Crippen LogP contribution in [0.2, 0.25) is 0 Å². The molecule has 0 aromatic carbocycles. The van der Waals surface area contributed by atoms with Crippen molar-refractivity contribution < 1.29 is 27.5 Å². The Balaban J connectivity index is 2.12. The van der Waals surface area contributed by atoms with Gasteiger partial charge in [0.05, 0.1) is 0 Å². The number of hydrogen-bond donors (Lipinski definition) is 1. The molecule has 0 bridgehead atoms. The molecule has 126 valence electrons. The summed E-state index contributed by atoms with van der Waals surface area (Å²) in [5.41, 5.74) is -3.33. The number of halogens is 3. The number of alkyl halides is 3. The molecule has 5 nitrogen and oxygen atoms in total. The molecule has 0 radical (unpaired) electrons. The van der Waals surface area contributed by atoms with E-state index in [9.17, 15) is 22.8 Å². The summed E-state index contributed by atoms with van der Waals surface area (Å²) >= 11 is 0. The Hall–Kier alpha value is -1.47. The van der Waals surface area contributed by atoms with E-state index in [1.807, 2.05) is 0 Å². The van der Waals surface area contributed by atoms with Crippen LogP contribution in [0.5, 0.6) is 0 Å². The molecule has 1 N–H and O–H groups in total. The van der Waals surface area contributed by atoms with Gasteiger partial charge in [0.25, 0.3) is 0 Å². The first-order valence-electron chi connectivity index (χ1n) is 7.30. The van der Waals surface area contributed by atoms with Gasteiger partial charge in [-0.05, 0) is 40.0 Å². The summed E-state index contributed by atoms with van der Waals surface area (Å²) in [5, 5.41) is 2.41. The molecule has 0 aromatic heterocycles. The summed E-state index contributed by atoms with van der Waals surface area (Å²) in [6.07, 6.45) is -4.56. The molecule has 2 fully saturated rings. The van der Waals surface area contributed by atoms with E-state index in [-0.39, 0.29) is 12.6 Å². The molecular formula is C14H21F3N2O3. The molecule has 0 aromatic rings. The third kappa shape index (κ3) is 3.47. The zero-order valence-corrected chi connectivity index (χ0v) is 12.9. The lowest BCUT2D eigenvalue weighted by atomic mass is 9.85. The number of carbonyl (C=O) groups is 2. The highest BCUT2D eigenvalue weighted by molar-refractivity contribution is 5.85. The fourth-order valence-electron chi connectivity index (χ4n) is 2.39. The van der Waals surface area contributed by atoms with Crippen molar-refractivity contribution in [3.05, 3.63) is 0 Å². The van der Waals surface area contributed by atoms with Crippen LogP contribution in [0.4, 0.5) is 18.0 Å². The molecular weight excluding hydrogens is 301 g/mol. The van der Waals surface area contributed by atoms with Gasteiger partial charge in [0.2, 0.25) is 5.91 Å². The van der Waals surface area contributed by atoms with E-state index in [4.69, 9.17) is 4.74 Å². The van der Waals surface area contributed by atoms with Crippen LogP contribution in [-0.4, -0.2) is 47.8 Å². The first kappa shape index (κ1) is 16.9. The van der Waals surface area contributed by atoms with Crippen molar-refractivity contribution in [1.29, 1.82) is 0 Å². The SMILES string of the molecule is CC(C)(C)OC(=O)N1CCC(C(=O)NC2CC2)(C(F)(F)F)C1. The molecule has 1 aliphatic carbocycles. The average Bonchev–Trinajstić information content (AvgIpc) is 3.01. The number of carbonyl (C=O) groups excluding carboxylic acids is 2. The topological polar surface area (TPSA) is 58.6 Å². The second-order valence-corrected chi connectivity index (χ2v) is 6.98. The van der Waals surface area contributed by atoms with Crippen LogP contribution in [0.25, 0.3) is 0 Å². The van der Waals surface area contributed by atoms with Crippen molar-refractivity contribution in [3.63, 3.8) is 0 Å². The van der Waals surface area contributed by atoms with Gasteiger partial charge in [-0.3, -0.25) is 4.79 Å². The van der Waals surface area contributed by atoms with E-state index >= 15 is 0 Å². The van der Waals surface area contributed by atoms with Crippen LogP contribution in [0.1, 0.15) is 40.0 Å². The number of rotatable bonds is 2. The predicted molar refractivity (Wildman–Crippen MR) is 72.1 cm³/mol. The van der Waals surface area contributed by atoms with Gasteiger partial charge in [0.15, 0.2) is 5.41 Å². The van der Waals surface area contributed by atoms with E-state index in [0.717, 1.165) is 4.90 Å². The number of nitrogens with one attached hydrogen (secondary N) is 1. The molecule has 1 atom stereocenters. The van der Waals surface area contributed by atoms with Gasteiger partial charge in [0, 0.05) is 19.1 Å². The van der Waals surface area contributed by atoms with Gasteiger partial charge in [-0.15, -0.1) is 0 Å². The lowest BCUT2D eigenvalue weighted by molar-refractivity contribution is -0.217. The Bertz CT molecular complexity index is 469. The smallest absolute Gasteiger partial charge is 0.410 e. The molecule has 0 spiro atoms. The summed E-state index contributed by atoms with van der Waals surface area (Å²) in [6, 6.07) is -0.165. The summed E-state index contributed by atoms with van der Waals surface area (Å²) < 4.78 is 45.5. The fraction of sp³-hybridized carbons (Fsp3) is 0.857. The highest BCUT2D eigenvalue weighted by Gasteiger charge is 2.64. The number of ether oxygens (including phenoxy) is 1. The van der Waals surface area contributed by atoms with Crippen LogP contribution in [-0.2, 0) is 9.53 Å². The number of nitrogens with zero attached hydrogens (tertiary/aromatic N) is 1. The molecule has 22 heavy (non-hydrogen) atoms.